The zero-order valence-corrected chi connectivity index (χ0v) is 14.2. The van der Waals surface area contributed by atoms with Crippen LogP contribution in [0.4, 0.5) is 0 Å². The predicted octanol–water partition coefficient (Wildman–Crippen LogP) is 2.40. The highest BCUT2D eigenvalue weighted by molar-refractivity contribution is 5.97. The minimum Gasteiger partial charge on any atom is -0.497 e. The summed E-state index contributed by atoms with van der Waals surface area (Å²) in [5, 5.41) is 0. The normalized spacial score (nSPS) is 24.9. The smallest absolute Gasteiger partial charge is 0.258 e. The molecule has 5 nitrogen and oxygen atoms in total. The molecule has 1 amide bonds. The lowest BCUT2D eigenvalue weighted by atomic mass is 10.0. The molecule has 0 radical (unpaired) electrons. The van der Waals surface area contributed by atoms with Gasteiger partial charge in [0.1, 0.15) is 11.5 Å². The van der Waals surface area contributed by atoms with Crippen molar-refractivity contribution in [1.82, 2.24) is 9.80 Å². The Morgan fingerprint density at radius 1 is 1.09 bits per heavy atom. The second-order valence-electron chi connectivity index (χ2n) is 6.46. The van der Waals surface area contributed by atoms with E-state index in [1.54, 1.807) is 26.4 Å². The molecule has 1 aromatic rings. The Bertz CT molecular complexity index is 575. The zero-order valence-electron chi connectivity index (χ0n) is 14.2. The van der Waals surface area contributed by atoms with Crippen LogP contribution in [0.25, 0.3) is 0 Å². The maximum absolute atomic E-state index is 13.1. The van der Waals surface area contributed by atoms with Crippen LogP contribution in [0.2, 0.25) is 0 Å². The third-order valence-electron chi connectivity index (χ3n) is 5.22. The molecular weight excluding hydrogens is 292 g/mol. The molecule has 2 aliphatic heterocycles. The fourth-order valence-corrected chi connectivity index (χ4v) is 4.00. The van der Waals surface area contributed by atoms with Crippen LogP contribution in [0, 0.1) is 0 Å². The summed E-state index contributed by atoms with van der Waals surface area (Å²) in [7, 11) is 5.39. The Morgan fingerprint density at radius 3 is 2.48 bits per heavy atom. The quantitative estimate of drug-likeness (QED) is 0.855. The van der Waals surface area contributed by atoms with Gasteiger partial charge in [0.25, 0.3) is 5.91 Å². The summed E-state index contributed by atoms with van der Waals surface area (Å²) in [5.74, 6) is 1.35. The van der Waals surface area contributed by atoms with Gasteiger partial charge < -0.3 is 19.3 Å². The van der Waals surface area contributed by atoms with Gasteiger partial charge in [-0.05, 0) is 57.5 Å². The number of nitrogens with zero attached hydrogens (tertiary/aromatic N) is 2. The van der Waals surface area contributed by atoms with Crippen molar-refractivity contribution in [3.8, 4) is 11.5 Å². The number of hydrogen-bond donors (Lipinski definition) is 0. The van der Waals surface area contributed by atoms with E-state index in [9.17, 15) is 4.79 Å². The van der Waals surface area contributed by atoms with Gasteiger partial charge in [0, 0.05) is 18.6 Å². The average molecular weight is 318 g/mol. The first-order chi connectivity index (χ1) is 11.2. The van der Waals surface area contributed by atoms with Gasteiger partial charge in [-0.2, -0.15) is 0 Å². The second-order valence-corrected chi connectivity index (χ2v) is 6.46. The van der Waals surface area contributed by atoms with Gasteiger partial charge in [-0.15, -0.1) is 0 Å². The SMILES string of the molecule is COc1ccc(OC)c(C(=O)N2CCC[C@@H]2[C@@H]2CCCN2C)c1. The Morgan fingerprint density at radius 2 is 1.83 bits per heavy atom. The standard InChI is InChI=1S/C18H26N2O3/c1-19-10-4-6-15(19)16-7-5-11-20(16)18(21)14-12-13(22-2)8-9-17(14)23-3/h8-9,12,15-16H,4-7,10-11H2,1-3H3/t15-,16+/m0/s1. The Kier molecular flexibility index (Phi) is 4.76. The third-order valence-corrected chi connectivity index (χ3v) is 5.22. The number of methoxy groups -OCH3 is 2. The van der Waals surface area contributed by atoms with Crippen LogP contribution < -0.4 is 9.47 Å². The van der Waals surface area contributed by atoms with Crippen LogP contribution in [0.5, 0.6) is 11.5 Å². The first kappa shape index (κ1) is 16.1. The number of likely N-dealkylation sites (N-methyl/N-ethyl adjacent to an activating group) is 1. The van der Waals surface area contributed by atoms with Crippen molar-refractivity contribution in [2.24, 2.45) is 0 Å². The van der Waals surface area contributed by atoms with Gasteiger partial charge >= 0.3 is 0 Å². The summed E-state index contributed by atoms with van der Waals surface area (Å²) in [5.41, 5.74) is 0.597. The fraction of sp³-hybridized carbons (Fsp3) is 0.611. The van der Waals surface area contributed by atoms with Crippen molar-refractivity contribution in [2.75, 3.05) is 34.4 Å². The number of rotatable bonds is 4. The van der Waals surface area contributed by atoms with Gasteiger partial charge in [0.05, 0.1) is 19.8 Å². The van der Waals surface area contributed by atoms with Crippen LogP contribution >= 0.6 is 0 Å². The van der Waals surface area contributed by atoms with Gasteiger partial charge in [-0.3, -0.25) is 4.79 Å². The van der Waals surface area contributed by atoms with E-state index >= 15 is 0 Å². The van der Waals surface area contributed by atoms with Crippen molar-refractivity contribution in [3.05, 3.63) is 23.8 Å². The molecule has 2 heterocycles. The average Bonchev–Trinajstić information content (AvgIpc) is 3.21. The minimum atomic E-state index is 0.0588. The van der Waals surface area contributed by atoms with E-state index in [1.165, 1.54) is 12.8 Å². The molecule has 1 aromatic carbocycles. The van der Waals surface area contributed by atoms with E-state index in [0.717, 1.165) is 25.9 Å². The Hall–Kier alpha value is -1.75. The van der Waals surface area contributed by atoms with Gasteiger partial charge in [0.15, 0.2) is 0 Å². The van der Waals surface area contributed by atoms with Gasteiger partial charge in [-0.1, -0.05) is 0 Å². The topological polar surface area (TPSA) is 42.0 Å². The molecule has 126 valence electrons. The summed E-state index contributed by atoms with van der Waals surface area (Å²) < 4.78 is 10.7. The first-order valence-corrected chi connectivity index (χ1v) is 8.39. The molecule has 0 unspecified atom stereocenters. The third kappa shape index (κ3) is 3.02. The van der Waals surface area contributed by atoms with E-state index in [1.807, 2.05) is 11.0 Å². The molecule has 2 aliphatic rings. The summed E-state index contributed by atoms with van der Waals surface area (Å²) in [4.78, 5) is 17.6. The van der Waals surface area contributed by atoms with Gasteiger partial charge in [0.2, 0.25) is 0 Å². The van der Waals surface area contributed by atoms with Crippen LogP contribution in [0.3, 0.4) is 0 Å². The molecule has 5 heteroatoms. The largest absolute Gasteiger partial charge is 0.497 e. The molecule has 2 fully saturated rings. The number of carbonyl (C=O) groups excluding carboxylic acids is 1. The molecule has 0 spiro atoms. The molecule has 0 saturated carbocycles. The zero-order chi connectivity index (χ0) is 16.4. The predicted molar refractivity (Wildman–Crippen MR) is 89.3 cm³/mol. The highest BCUT2D eigenvalue weighted by Gasteiger charge is 2.39. The number of hydrogen-bond acceptors (Lipinski definition) is 4. The molecule has 23 heavy (non-hydrogen) atoms. The summed E-state index contributed by atoms with van der Waals surface area (Å²) in [6.45, 7) is 1.96. The van der Waals surface area contributed by atoms with Crippen molar-refractivity contribution in [3.63, 3.8) is 0 Å². The molecule has 0 N–H and O–H groups in total. The lowest BCUT2D eigenvalue weighted by Crippen LogP contribution is -2.47. The first-order valence-electron chi connectivity index (χ1n) is 8.39. The van der Waals surface area contributed by atoms with E-state index in [2.05, 4.69) is 11.9 Å². The highest BCUT2D eigenvalue weighted by atomic mass is 16.5. The maximum atomic E-state index is 13.1. The highest BCUT2D eigenvalue weighted by Crippen LogP contribution is 2.32. The minimum absolute atomic E-state index is 0.0588. The van der Waals surface area contributed by atoms with Crippen LogP contribution in [0.1, 0.15) is 36.0 Å². The van der Waals surface area contributed by atoms with E-state index in [-0.39, 0.29) is 5.91 Å². The molecule has 0 aliphatic carbocycles. The van der Waals surface area contributed by atoms with Crippen molar-refractivity contribution in [2.45, 2.75) is 37.8 Å². The Labute approximate surface area is 138 Å². The van der Waals surface area contributed by atoms with E-state index in [4.69, 9.17) is 9.47 Å². The monoisotopic (exact) mass is 318 g/mol. The fourth-order valence-electron chi connectivity index (χ4n) is 4.00. The molecule has 2 atom stereocenters. The number of benzene rings is 1. The number of amides is 1. The molecule has 2 saturated heterocycles. The lowest BCUT2D eigenvalue weighted by molar-refractivity contribution is 0.0661. The number of ether oxygens (including phenoxy) is 2. The van der Waals surface area contributed by atoms with E-state index < -0.39 is 0 Å². The lowest BCUT2D eigenvalue weighted by Gasteiger charge is -2.33. The molecular formula is C18H26N2O3. The molecule has 3 rings (SSSR count). The second kappa shape index (κ2) is 6.79. The summed E-state index contributed by atoms with van der Waals surface area (Å²) in [6, 6.07) is 6.21. The summed E-state index contributed by atoms with van der Waals surface area (Å²) in [6.07, 6.45) is 4.57. The maximum Gasteiger partial charge on any atom is 0.258 e. The Balaban J connectivity index is 1.87. The van der Waals surface area contributed by atoms with Crippen LogP contribution in [0.15, 0.2) is 18.2 Å². The number of carbonyl (C=O) groups is 1. The van der Waals surface area contributed by atoms with Gasteiger partial charge in [-0.25, -0.2) is 0 Å². The van der Waals surface area contributed by atoms with Crippen LogP contribution in [-0.2, 0) is 0 Å². The van der Waals surface area contributed by atoms with E-state index in [0.29, 0.717) is 29.1 Å². The van der Waals surface area contributed by atoms with Crippen molar-refractivity contribution in [1.29, 1.82) is 0 Å². The number of likely N-dealkylation sites (tertiary alicyclic amines) is 2. The van der Waals surface area contributed by atoms with Crippen molar-refractivity contribution >= 4 is 5.91 Å². The van der Waals surface area contributed by atoms with Crippen molar-refractivity contribution < 1.29 is 14.3 Å². The molecule has 0 aromatic heterocycles. The molecule has 0 bridgehead atoms. The van der Waals surface area contributed by atoms with Crippen LogP contribution in [-0.4, -0.2) is 62.1 Å². The summed E-state index contributed by atoms with van der Waals surface area (Å²) >= 11 is 0.